The lowest BCUT2D eigenvalue weighted by Gasteiger charge is -1.94. The molecule has 0 aromatic heterocycles. The van der Waals surface area contributed by atoms with Crippen LogP contribution in [0, 0.1) is 0 Å². The molecule has 0 bridgehead atoms. The number of phenolic OH excluding ortho intramolecular Hbond substituents is 1. The fourth-order valence-corrected chi connectivity index (χ4v) is 1.22. The van der Waals surface area contributed by atoms with Gasteiger partial charge in [0, 0.05) is 6.21 Å². The van der Waals surface area contributed by atoms with E-state index in [0.29, 0.717) is 0 Å². The first kappa shape index (κ1) is 9.46. The first-order chi connectivity index (χ1) is 7.34. The van der Waals surface area contributed by atoms with E-state index < -0.39 is 0 Å². The van der Waals surface area contributed by atoms with Crippen LogP contribution in [0.3, 0.4) is 0 Å². The number of hydrogen-bond acceptors (Lipinski definition) is 2. The quantitative estimate of drug-likeness (QED) is 0.737. The average molecular weight is 197 g/mol. The van der Waals surface area contributed by atoms with Gasteiger partial charge in [-0.15, -0.1) is 0 Å². The molecule has 2 heteroatoms. The second kappa shape index (κ2) is 4.42. The van der Waals surface area contributed by atoms with Crippen molar-refractivity contribution in [2.45, 2.75) is 0 Å². The van der Waals surface area contributed by atoms with Crippen molar-refractivity contribution in [1.82, 2.24) is 0 Å². The van der Waals surface area contributed by atoms with E-state index in [1.807, 2.05) is 42.5 Å². The summed E-state index contributed by atoms with van der Waals surface area (Å²) in [6, 6.07) is 16.7. The predicted molar refractivity (Wildman–Crippen MR) is 61.8 cm³/mol. The van der Waals surface area contributed by atoms with E-state index >= 15 is 0 Å². The minimum absolute atomic E-state index is 0.270. The molecule has 0 saturated carbocycles. The molecule has 0 aliphatic rings. The average Bonchev–Trinajstić information content (AvgIpc) is 2.30. The van der Waals surface area contributed by atoms with Gasteiger partial charge in [0.1, 0.15) is 5.75 Å². The summed E-state index contributed by atoms with van der Waals surface area (Å²) >= 11 is 0. The van der Waals surface area contributed by atoms with Crippen molar-refractivity contribution in [2.24, 2.45) is 4.99 Å². The third-order valence-corrected chi connectivity index (χ3v) is 2.01. The maximum absolute atomic E-state index is 9.10. The van der Waals surface area contributed by atoms with E-state index in [-0.39, 0.29) is 5.75 Å². The minimum Gasteiger partial charge on any atom is -0.508 e. The number of benzene rings is 2. The van der Waals surface area contributed by atoms with Gasteiger partial charge in [-0.25, -0.2) is 0 Å². The summed E-state index contributed by atoms with van der Waals surface area (Å²) in [6.45, 7) is 0. The van der Waals surface area contributed by atoms with Crippen LogP contribution < -0.4 is 0 Å². The Balaban J connectivity index is 2.15. The van der Waals surface area contributed by atoms with Gasteiger partial charge in [-0.3, -0.25) is 4.99 Å². The fourth-order valence-electron chi connectivity index (χ4n) is 1.22. The molecule has 0 aliphatic carbocycles. The summed E-state index contributed by atoms with van der Waals surface area (Å²) < 4.78 is 0. The van der Waals surface area contributed by atoms with Crippen LogP contribution in [0.15, 0.2) is 59.6 Å². The number of aliphatic imine (C=N–C) groups is 1. The fraction of sp³-hybridized carbons (Fsp3) is 0. The topological polar surface area (TPSA) is 32.6 Å². The molecule has 0 saturated heterocycles. The molecule has 2 rings (SSSR count). The van der Waals surface area contributed by atoms with Gasteiger partial charge in [-0.05, 0) is 42.0 Å². The zero-order valence-electron chi connectivity index (χ0n) is 8.17. The Labute approximate surface area is 88.5 Å². The Kier molecular flexibility index (Phi) is 2.79. The van der Waals surface area contributed by atoms with Crippen LogP contribution in [0.25, 0.3) is 0 Å². The largest absolute Gasteiger partial charge is 0.508 e. The Bertz CT molecular complexity index is 446. The van der Waals surface area contributed by atoms with Crippen LogP contribution in [0.1, 0.15) is 5.56 Å². The Morgan fingerprint density at radius 1 is 0.867 bits per heavy atom. The van der Waals surface area contributed by atoms with E-state index in [1.165, 1.54) is 0 Å². The smallest absolute Gasteiger partial charge is 0.115 e. The number of para-hydroxylation sites is 1. The Hall–Kier alpha value is -2.09. The number of phenols is 1. The zero-order valence-corrected chi connectivity index (χ0v) is 8.17. The number of hydrogen-bond donors (Lipinski definition) is 1. The third-order valence-electron chi connectivity index (χ3n) is 2.01. The second-order valence-corrected chi connectivity index (χ2v) is 3.19. The number of aromatic hydroxyl groups is 1. The van der Waals surface area contributed by atoms with Crippen LogP contribution >= 0.6 is 0 Å². The molecule has 1 N–H and O–H groups in total. The summed E-state index contributed by atoms with van der Waals surface area (Å²) in [7, 11) is 0. The van der Waals surface area contributed by atoms with E-state index in [9.17, 15) is 0 Å². The molecule has 0 radical (unpaired) electrons. The van der Waals surface area contributed by atoms with Crippen molar-refractivity contribution in [1.29, 1.82) is 0 Å². The summed E-state index contributed by atoms with van der Waals surface area (Å²) in [5.74, 6) is 0.270. The van der Waals surface area contributed by atoms with Gasteiger partial charge >= 0.3 is 0 Å². The number of rotatable bonds is 2. The lowest BCUT2D eigenvalue weighted by Crippen LogP contribution is -1.78. The SMILES string of the molecule is Oc1ccc(/C=N/c2ccccc2)cc1. The molecule has 2 aromatic rings. The Morgan fingerprint density at radius 3 is 2.20 bits per heavy atom. The molecular weight excluding hydrogens is 186 g/mol. The standard InChI is InChI=1S/C13H11NO/c15-13-8-6-11(7-9-13)10-14-12-4-2-1-3-5-12/h1-10,15H/b14-10+. The third kappa shape index (κ3) is 2.68. The maximum atomic E-state index is 9.10. The first-order valence-electron chi connectivity index (χ1n) is 4.73. The molecule has 0 fully saturated rings. The van der Waals surface area contributed by atoms with E-state index in [2.05, 4.69) is 4.99 Å². The highest BCUT2D eigenvalue weighted by Gasteiger charge is 1.89. The molecule has 15 heavy (non-hydrogen) atoms. The molecule has 0 spiro atoms. The van der Waals surface area contributed by atoms with Gasteiger partial charge in [0.25, 0.3) is 0 Å². The molecule has 0 aliphatic heterocycles. The molecule has 0 heterocycles. The van der Waals surface area contributed by atoms with Crippen molar-refractivity contribution in [2.75, 3.05) is 0 Å². The van der Waals surface area contributed by atoms with Crippen molar-refractivity contribution >= 4 is 11.9 Å². The Morgan fingerprint density at radius 2 is 1.53 bits per heavy atom. The van der Waals surface area contributed by atoms with Gasteiger partial charge in [0.2, 0.25) is 0 Å². The molecular formula is C13H11NO. The van der Waals surface area contributed by atoms with Crippen molar-refractivity contribution in [3.8, 4) is 5.75 Å². The molecule has 0 unspecified atom stereocenters. The summed E-state index contributed by atoms with van der Waals surface area (Å²) in [6.07, 6.45) is 1.77. The molecule has 2 aromatic carbocycles. The monoisotopic (exact) mass is 197 g/mol. The predicted octanol–water partition coefficient (Wildman–Crippen LogP) is 3.14. The van der Waals surface area contributed by atoms with E-state index in [0.717, 1.165) is 11.3 Å². The van der Waals surface area contributed by atoms with Crippen LogP contribution in [-0.4, -0.2) is 11.3 Å². The zero-order chi connectivity index (χ0) is 10.5. The van der Waals surface area contributed by atoms with Crippen LogP contribution in [-0.2, 0) is 0 Å². The van der Waals surface area contributed by atoms with Crippen molar-refractivity contribution in [3.05, 3.63) is 60.2 Å². The minimum atomic E-state index is 0.270. The highest BCUT2D eigenvalue weighted by molar-refractivity contribution is 5.82. The number of nitrogens with zero attached hydrogens (tertiary/aromatic N) is 1. The summed E-state index contributed by atoms with van der Waals surface area (Å²) in [5.41, 5.74) is 1.89. The van der Waals surface area contributed by atoms with Gasteiger partial charge in [0.05, 0.1) is 5.69 Å². The van der Waals surface area contributed by atoms with Crippen molar-refractivity contribution < 1.29 is 5.11 Å². The lowest BCUT2D eigenvalue weighted by atomic mass is 10.2. The van der Waals surface area contributed by atoms with E-state index in [4.69, 9.17) is 5.11 Å². The summed E-state index contributed by atoms with van der Waals surface area (Å²) in [5, 5.41) is 9.10. The normalized spacial score (nSPS) is 10.7. The first-order valence-corrected chi connectivity index (χ1v) is 4.73. The van der Waals surface area contributed by atoms with Gasteiger partial charge in [-0.2, -0.15) is 0 Å². The lowest BCUT2D eigenvalue weighted by molar-refractivity contribution is 0.475. The van der Waals surface area contributed by atoms with E-state index in [1.54, 1.807) is 18.3 Å². The van der Waals surface area contributed by atoms with Gasteiger partial charge in [-0.1, -0.05) is 18.2 Å². The highest BCUT2D eigenvalue weighted by atomic mass is 16.3. The molecule has 74 valence electrons. The van der Waals surface area contributed by atoms with Crippen LogP contribution in [0.4, 0.5) is 5.69 Å². The molecule has 0 atom stereocenters. The molecule has 2 nitrogen and oxygen atoms in total. The molecule has 0 amide bonds. The summed E-state index contributed by atoms with van der Waals surface area (Å²) in [4.78, 5) is 4.30. The van der Waals surface area contributed by atoms with Crippen molar-refractivity contribution in [3.63, 3.8) is 0 Å². The van der Waals surface area contributed by atoms with Crippen LogP contribution in [0.5, 0.6) is 5.75 Å². The van der Waals surface area contributed by atoms with Gasteiger partial charge < -0.3 is 5.11 Å². The van der Waals surface area contributed by atoms with Gasteiger partial charge in [0.15, 0.2) is 0 Å². The van der Waals surface area contributed by atoms with Crippen LogP contribution in [0.2, 0.25) is 0 Å². The maximum Gasteiger partial charge on any atom is 0.115 e. The second-order valence-electron chi connectivity index (χ2n) is 3.19. The highest BCUT2D eigenvalue weighted by Crippen LogP contribution is 2.11.